The summed E-state index contributed by atoms with van der Waals surface area (Å²) in [5.74, 6) is 0.734. The van der Waals surface area contributed by atoms with Crippen LogP contribution in [-0.2, 0) is 0 Å². The molecule has 2 N–H and O–H groups in total. The van der Waals surface area contributed by atoms with Gasteiger partial charge in [0.25, 0.3) is 0 Å². The topological polar surface area (TPSA) is 37.0 Å². The molecule has 0 aliphatic rings. The Morgan fingerprint density at radius 2 is 2.47 bits per heavy atom. The molecular weight excluding hydrogens is 274 g/mol. The Balaban J connectivity index is 2.60. The van der Waals surface area contributed by atoms with Crippen LogP contribution in [0.15, 0.2) is 29.4 Å². The molecule has 15 heavy (non-hydrogen) atoms. The fourth-order valence-corrected chi connectivity index (χ4v) is 1.34. The van der Waals surface area contributed by atoms with Crippen LogP contribution in [0.1, 0.15) is 5.56 Å². The van der Waals surface area contributed by atoms with Crippen LogP contribution < -0.4 is 10.6 Å². The molecule has 0 atom stereocenters. The van der Waals surface area contributed by atoms with Gasteiger partial charge in [-0.1, -0.05) is 6.08 Å². The lowest BCUT2D eigenvalue weighted by atomic mass is 10.3. The van der Waals surface area contributed by atoms with Gasteiger partial charge in [0.15, 0.2) is 5.11 Å². The third kappa shape index (κ3) is 3.97. The molecule has 0 saturated carbocycles. The third-order valence-corrected chi connectivity index (χ3v) is 2.77. The number of nitrogens with zero attached hydrogens (tertiary/aromatic N) is 1. The summed E-state index contributed by atoms with van der Waals surface area (Å²) in [6, 6.07) is 1.92. The smallest absolute Gasteiger partial charge is 0.172 e. The number of rotatable bonds is 3. The van der Waals surface area contributed by atoms with Crippen molar-refractivity contribution >= 4 is 39.1 Å². The van der Waals surface area contributed by atoms with E-state index in [0.29, 0.717) is 11.7 Å². The lowest BCUT2D eigenvalue weighted by Crippen LogP contribution is -2.28. The maximum atomic E-state index is 5.06. The molecule has 80 valence electrons. The van der Waals surface area contributed by atoms with Gasteiger partial charge in [-0.25, -0.2) is 4.98 Å². The lowest BCUT2D eigenvalue weighted by Gasteiger charge is -2.08. The van der Waals surface area contributed by atoms with E-state index in [1.54, 1.807) is 12.3 Å². The quantitative estimate of drug-likeness (QED) is 0.661. The summed E-state index contributed by atoms with van der Waals surface area (Å²) in [5, 5.41) is 6.50. The second-order valence-corrected chi connectivity index (χ2v) is 4.21. The van der Waals surface area contributed by atoms with Gasteiger partial charge in [-0.15, -0.1) is 6.58 Å². The Bertz CT molecular complexity index is 379. The van der Waals surface area contributed by atoms with Crippen LogP contribution in [0.4, 0.5) is 5.82 Å². The molecule has 0 amide bonds. The van der Waals surface area contributed by atoms with Crippen molar-refractivity contribution in [3.63, 3.8) is 0 Å². The number of hydrogen-bond donors (Lipinski definition) is 2. The third-order valence-electron chi connectivity index (χ3n) is 1.70. The van der Waals surface area contributed by atoms with E-state index >= 15 is 0 Å². The van der Waals surface area contributed by atoms with E-state index in [2.05, 4.69) is 38.1 Å². The molecule has 0 saturated heterocycles. The van der Waals surface area contributed by atoms with Gasteiger partial charge in [0.2, 0.25) is 0 Å². The Kier molecular flexibility index (Phi) is 4.71. The number of anilines is 1. The first-order chi connectivity index (χ1) is 7.13. The summed E-state index contributed by atoms with van der Waals surface area (Å²) in [6.45, 7) is 6.23. The molecule has 0 aromatic carbocycles. The Morgan fingerprint density at radius 1 is 1.73 bits per heavy atom. The van der Waals surface area contributed by atoms with Crippen molar-refractivity contribution in [1.82, 2.24) is 10.3 Å². The monoisotopic (exact) mass is 285 g/mol. The normalized spacial score (nSPS) is 9.47. The molecule has 0 unspecified atom stereocenters. The number of pyridine rings is 1. The van der Waals surface area contributed by atoms with Crippen molar-refractivity contribution in [1.29, 1.82) is 0 Å². The predicted octanol–water partition coefficient (Wildman–Crippen LogP) is 2.62. The van der Waals surface area contributed by atoms with Gasteiger partial charge in [0.05, 0.1) is 0 Å². The number of aromatic nitrogens is 1. The fraction of sp³-hybridized carbons (Fsp3) is 0.200. The van der Waals surface area contributed by atoms with Crippen LogP contribution in [-0.4, -0.2) is 16.6 Å². The van der Waals surface area contributed by atoms with E-state index in [9.17, 15) is 0 Å². The summed E-state index contributed by atoms with van der Waals surface area (Å²) in [7, 11) is 0. The van der Waals surface area contributed by atoms with E-state index in [0.717, 1.165) is 15.9 Å². The Hall–Kier alpha value is -0.940. The van der Waals surface area contributed by atoms with Crippen LogP contribution in [0.25, 0.3) is 0 Å². The number of nitrogens with one attached hydrogen (secondary N) is 2. The Labute approximate surface area is 103 Å². The minimum Gasteiger partial charge on any atom is -0.359 e. The van der Waals surface area contributed by atoms with Gasteiger partial charge in [-0.05, 0) is 46.7 Å². The zero-order valence-electron chi connectivity index (χ0n) is 8.38. The molecule has 1 rings (SSSR count). The van der Waals surface area contributed by atoms with Crippen LogP contribution in [0, 0.1) is 6.92 Å². The zero-order chi connectivity index (χ0) is 11.3. The van der Waals surface area contributed by atoms with Crippen molar-refractivity contribution in [2.24, 2.45) is 0 Å². The predicted molar refractivity (Wildman–Crippen MR) is 71.1 cm³/mol. The highest BCUT2D eigenvalue weighted by atomic mass is 79.9. The summed E-state index contributed by atoms with van der Waals surface area (Å²) < 4.78 is 0.984. The first kappa shape index (κ1) is 12.1. The number of aryl methyl sites for hydroxylation is 1. The van der Waals surface area contributed by atoms with Crippen molar-refractivity contribution in [3.05, 3.63) is 35.0 Å². The molecule has 0 aliphatic heterocycles. The van der Waals surface area contributed by atoms with E-state index < -0.39 is 0 Å². The summed E-state index contributed by atoms with van der Waals surface area (Å²) >= 11 is 8.44. The van der Waals surface area contributed by atoms with Crippen LogP contribution in [0.2, 0.25) is 0 Å². The molecule has 1 aromatic heterocycles. The minimum absolute atomic E-state index is 0.545. The first-order valence-electron chi connectivity index (χ1n) is 4.41. The summed E-state index contributed by atoms with van der Waals surface area (Å²) in [4.78, 5) is 4.18. The molecule has 1 aromatic rings. The number of thiocarbonyl (C=S) groups is 1. The first-order valence-corrected chi connectivity index (χ1v) is 5.61. The van der Waals surface area contributed by atoms with Crippen LogP contribution in [0.5, 0.6) is 0 Å². The SMILES string of the molecule is C=CCNC(=S)Nc1cc(C)c(Br)cn1. The zero-order valence-corrected chi connectivity index (χ0v) is 10.8. The number of halogens is 1. The molecule has 0 fully saturated rings. The van der Waals surface area contributed by atoms with Gasteiger partial charge >= 0.3 is 0 Å². The molecular formula is C10H12BrN3S. The van der Waals surface area contributed by atoms with Gasteiger partial charge in [-0.2, -0.15) is 0 Å². The van der Waals surface area contributed by atoms with E-state index in [-0.39, 0.29) is 0 Å². The minimum atomic E-state index is 0.545. The molecule has 0 aliphatic carbocycles. The van der Waals surface area contributed by atoms with E-state index in [1.807, 2.05) is 13.0 Å². The standard InChI is InChI=1S/C10H12BrN3S/c1-3-4-12-10(15)14-9-5-7(2)8(11)6-13-9/h3,5-6H,1,4H2,2H3,(H2,12,13,14,15). The van der Waals surface area contributed by atoms with Crippen molar-refractivity contribution in [2.45, 2.75) is 6.92 Å². The summed E-state index contributed by atoms with van der Waals surface area (Å²) in [6.07, 6.45) is 3.49. The van der Waals surface area contributed by atoms with Crippen molar-refractivity contribution in [3.8, 4) is 0 Å². The molecule has 0 radical (unpaired) electrons. The van der Waals surface area contributed by atoms with Crippen molar-refractivity contribution < 1.29 is 0 Å². The fourth-order valence-electron chi connectivity index (χ4n) is 0.933. The van der Waals surface area contributed by atoms with Crippen LogP contribution >= 0.6 is 28.1 Å². The van der Waals surface area contributed by atoms with E-state index in [4.69, 9.17) is 12.2 Å². The largest absolute Gasteiger partial charge is 0.359 e. The van der Waals surface area contributed by atoms with E-state index in [1.165, 1.54) is 0 Å². The highest BCUT2D eigenvalue weighted by molar-refractivity contribution is 9.10. The average molecular weight is 286 g/mol. The molecule has 0 bridgehead atoms. The molecule has 3 nitrogen and oxygen atoms in total. The molecule has 0 spiro atoms. The number of hydrogen-bond acceptors (Lipinski definition) is 2. The maximum Gasteiger partial charge on any atom is 0.172 e. The van der Waals surface area contributed by atoms with Crippen LogP contribution in [0.3, 0.4) is 0 Å². The highest BCUT2D eigenvalue weighted by Crippen LogP contribution is 2.16. The summed E-state index contributed by atoms with van der Waals surface area (Å²) in [5.41, 5.74) is 1.11. The Morgan fingerprint density at radius 3 is 3.07 bits per heavy atom. The van der Waals surface area contributed by atoms with Crippen molar-refractivity contribution in [2.75, 3.05) is 11.9 Å². The van der Waals surface area contributed by atoms with Gasteiger partial charge in [-0.3, -0.25) is 0 Å². The van der Waals surface area contributed by atoms with Gasteiger partial charge < -0.3 is 10.6 Å². The van der Waals surface area contributed by atoms with Gasteiger partial charge in [0, 0.05) is 17.2 Å². The second kappa shape index (κ2) is 5.82. The molecule has 5 heteroatoms. The lowest BCUT2D eigenvalue weighted by molar-refractivity contribution is 1.06. The average Bonchev–Trinajstić information content (AvgIpc) is 2.20. The van der Waals surface area contributed by atoms with Gasteiger partial charge in [0.1, 0.15) is 5.82 Å². The highest BCUT2D eigenvalue weighted by Gasteiger charge is 2.00. The second-order valence-electron chi connectivity index (χ2n) is 2.94. The maximum absolute atomic E-state index is 5.06. The molecule has 1 heterocycles.